The maximum atomic E-state index is 9.62. The number of rotatable bonds is 5. The minimum Gasteiger partial charge on any atom is -0.420 e. The molecule has 3 rings (SSSR count). The smallest absolute Gasteiger partial charge is 0.376 e. The Hall–Kier alpha value is -0.335. The van der Waals surface area contributed by atoms with Crippen LogP contribution in [0.2, 0.25) is 5.31 Å². The van der Waals surface area contributed by atoms with E-state index in [0.717, 1.165) is 57.2 Å². The van der Waals surface area contributed by atoms with Gasteiger partial charge in [-0.25, -0.2) is 0 Å². The molecule has 0 radical (unpaired) electrons. The van der Waals surface area contributed by atoms with Gasteiger partial charge in [0.15, 0.2) is 0 Å². The second kappa shape index (κ2) is 8.58. The summed E-state index contributed by atoms with van der Waals surface area (Å²) in [6.07, 6.45) is 3.31. The van der Waals surface area contributed by atoms with Gasteiger partial charge in [-0.1, -0.05) is 19.4 Å². The highest BCUT2D eigenvalue weighted by Crippen LogP contribution is 2.57. The summed E-state index contributed by atoms with van der Waals surface area (Å²) in [5.74, 6) is 0.611. The van der Waals surface area contributed by atoms with Crippen molar-refractivity contribution in [2.45, 2.75) is 64.8 Å². The maximum absolute atomic E-state index is 9.62. The Kier molecular flexibility index (Phi) is 6.79. The summed E-state index contributed by atoms with van der Waals surface area (Å²) in [5.41, 5.74) is 2.58. The first-order valence-electron chi connectivity index (χ1n) is 10.2. The van der Waals surface area contributed by atoms with E-state index in [1.807, 2.05) is 0 Å². The van der Waals surface area contributed by atoms with Gasteiger partial charge in [0.1, 0.15) is 0 Å². The fraction of sp³-hybridized carbons (Fsp3) is 0.850. The zero-order valence-electron chi connectivity index (χ0n) is 17.6. The normalized spacial score (nSPS) is 27.0. The fourth-order valence-electron chi connectivity index (χ4n) is 3.70. The van der Waals surface area contributed by atoms with Crippen LogP contribution in [0.4, 0.5) is 0 Å². The summed E-state index contributed by atoms with van der Waals surface area (Å²) in [5, 5.41) is 10.8. The zero-order chi connectivity index (χ0) is 19.7. The van der Waals surface area contributed by atoms with E-state index in [4.69, 9.17) is 14.4 Å². The van der Waals surface area contributed by atoms with Crippen LogP contribution >= 0.6 is 11.6 Å². The average Bonchev–Trinajstić information content (AvgIpc) is 2.65. The maximum Gasteiger partial charge on any atom is 0.376 e. The van der Waals surface area contributed by atoms with Crippen molar-refractivity contribution in [1.29, 1.82) is 0 Å². The third-order valence-electron chi connectivity index (χ3n) is 6.75. The molecule has 0 aromatic heterocycles. The van der Waals surface area contributed by atoms with Crippen molar-refractivity contribution in [1.82, 2.24) is 4.90 Å². The van der Waals surface area contributed by atoms with Gasteiger partial charge in [-0.3, -0.25) is 9.89 Å². The Bertz CT molecular complexity index is 600. The number of hydrogen-bond acceptors (Lipinski definition) is 6. The molecule has 0 saturated carbocycles. The molecule has 1 N–H and O–H groups in total. The lowest BCUT2D eigenvalue weighted by Crippen LogP contribution is -2.60. The molecule has 3 aliphatic rings. The minimum absolute atomic E-state index is 0.0942. The van der Waals surface area contributed by atoms with Crippen molar-refractivity contribution in [3.05, 3.63) is 11.1 Å². The Morgan fingerprint density at radius 1 is 1.30 bits per heavy atom. The number of nitrogens with zero attached hydrogens (tertiary/aromatic N) is 2. The van der Waals surface area contributed by atoms with Crippen LogP contribution in [0.15, 0.2) is 16.1 Å². The molecule has 3 heterocycles. The van der Waals surface area contributed by atoms with Crippen LogP contribution in [0.5, 0.6) is 0 Å². The molecule has 27 heavy (non-hydrogen) atoms. The van der Waals surface area contributed by atoms with Crippen LogP contribution in [-0.2, 0) is 9.39 Å². The van der Waals surface area contributed by atoms with E-state index in [2.05, 4.69) is 39.5 Å². The molecule has 0 aromatic carbocycles. The molecular formula is C20H35BN2O3S. The van der Waals surface area contributed by atoms with Crippen molar-refractivity contribution >= 4 is 22.9 Å². The van der Waals surface area contributed by atoms with E-state index in [9.17, 15) is 5.11 Å². The molecule has 152 valence electrons. The molecule has 0 spiro atoms. The lowest BCUT2D eigenvalue weighted by Gasteiger charge is -2.56. The summed E-state index contributed by atoms with van der Waals surface area (Å²) in [7, 11) is 0. The van der Waals surface area contributed by atoms with Gasteiger partial charge in [0, 0.05) is 43.8 Å². The summed E-state index contributed by atoms with van der Waals surface area (Å²) in [4.78, 5) is 7.19. The Labute approximate surface area is 169 Å². The molecular weight excluding hydrogens is 359 g/mol. The van der Waals surface area contributed by atoms with Crippen molar-refractivity contribution in [2.75, 3.05) is 39.6 Å². The van der Waals surface area contributed by atoms with Crippen LogP contribution in [0.1, 0.15) is 53.9 Å². The first kappa shape index (κ1) is 21.4. The van der Waals surface area contributed by atoms with Gasteiger partial charge in [-0.05, 0) is 51.5 Å². The molecule has 0 atom stereocenters. The van der Waals surface area contributed by atoms with E-state index < -0.39 is 0 Å². The van der Waals surface area contributed by atoms with Crippen molar-refractivity contribution in [2.24, 2.45) is 10.9 Å². The largest absolute Gasteiger partial charge is 0.420 e. The van der Waals surface area contributed by atoms with Crippen LogP contribution in [0.25, 0.3) is 0 Å². The minimum atomic E-state index is -0.108. The van der Waals surface area contributed by atoms with Gasteiger partial charge < -0.3 is 14.5 Å². The molecule has 0 aromatic rings. The highest BCUT2D eigenvalue weighted by atomic mass is 32.2. The number of aliphatic hydroxyl groups excluding tert-OH is 1. The predicted molar refractivity (Wildman–Crippen MR) is 114 cm³/mol. The first-order chi connectivity index (χ1) is 12.7. The molecule has 2 fully saturated rings. The predicted octanol–water partition coefficient (Wildman–Crippen LogP) is 3.59. The molecule has 0 aliphatic carbocycles. The molecule has 7 heteroatoms. The summed E-state index contributed by atoms with van der Waals surface area (Å²) in [6.45, 7) is 15.5. The van der Waals surface area contributed by atoms with E-state index in [0.29, 0.717) is 5.92 Å². The lowest BCUT2D eigenvalue weighted by molar-refractivity contribution is -0.00469. The van der Waals surface area contributed by atoms with Gasteiger partial charge in [-0.15, -0.1) is 11.6 Å². The third kappa shape index (κ3) is 4.64. The zero-order valence-corrected chi connectivity index (χ0v) is 18.4. The topological polar surface area (TPSA) is 54.3 Å². The quantitative estimate of drug-likeness (QED) is 0.439. The van der Waals surface area contributed by atoms with E-state index >= 15 is 0 Å². The summed E-state index contributed by atoms with van der Waals surface area (Å²) in [6, 6.07) is 0. The Morgan fingerprint density at radius 2 is 2.00 bits per heavy atom. The van der Waals surface area contributed by atoms with Crippen molar-refractivity contribution in [3.63, 3.8) is 0 Å². The molecule has 0 amide bonds. The van der Waals surface area contributed by atoms with Gasteiger partial charge >= 0.3 is 6.19 Å². The molecule has 2 saturated heterocycles. The number of aliphatic hydroxyl groups is 1. The van der Waals surface area contributed by atoms with E-state index in [1.54, 1.807) is 11.6 Å². The monoisotopic (exact) mass is 394 g/mol. The van der Waals surface area contributed by atoms with Crippen LogP contribution in [-0.4, -0.2) is 66.4 Å². The standard InChI is InChI=1S/C20H35BN2O3S/c1-15-6-9-23(14-24)13-17(15)18(22-12-16-7-10-25-11-8-16)27-21-19(2,3)20(4,5)26-21/h16,24H,6-14H2,1-5H3. The third-order valence-corrected chi connectivity index (χ3v) is 8.25. The first-order valence-corrected chi connectivity index (χ1v) is 11.1. The molecule has 0 unspecified atom stereocenters. The van der Waals surface area contributed by atoms with Crippen LogP contribution in [0, 0.1) is 5.92 Å². The van der Waals surface area contributed by atoms with Gasteiger partial charge in [0.05, 0.1) is 11.8 Å². The van der Waals surface area contributed by atoms with E-state index in [-0.39, 0.29) is 23.8 Å². The Morgan fingerprint density at radius 3 is 2.59 bits per heavy atom. The van der Waals surface area contributed by atoms with Crippen molar-refractivity contribution < 1.29 is 14.5 Å². The van der Waals surface area contributed by atoms with Crippen molar-refractivity contribution in [3.8, 4) is 0 Å². The van der Waals surface area contributed by atoms with Gasteiger partial charge in [-0.2, -0.15) is 0 Å². The molecule has 0 bridgehead atoms. The highest BCUT2D eigenvalue weighted by Gasteiger charge is 2.60. The summed E-state index contributed by atoms with van der Waals surface area (Å²) >= 11 is 1.78. The molecule has 3 aliphatic heterocycles. The summed E-state index contributed by atoms with van der Waals surface area (Å²) < 4.78 is 11.7. The second-order valence-electron chi connectivity index (χ2n) is 9.20. The Balaban J connectivity index is 1.78. The average molecular weight is 394 g/mol. The molecule has 5 nitrogen and oxygen atoms in total. The number of aliphatic imine (C=N–C) groups is 1. The SMILES string of the molecule is CC1=C(C(=NCC2CCOCC2)SB2OC(C)(C)C2(C)C)CN(CO)CC1. The van der Waals surface area contributed by atoms with E-state index in [1.165, 1.54) is 11.1 Å². The van der Waals surface area contributed by atoms with Gasteiger partial charge in [0.2, 0.25) is 0 Å². The fourth-order valence-corrected chi connectivity index (χ4v) is 5.30. The highest BCUT2D eigenvalue weighted by molar-refractivity contribution is 8.36. The van der Waals surface area contributed by atoms with Gasteiger partial charge in [0.25, 0.3) is 0 Å². The van der Waals surface area contributed by atoms with Crippen LogP contribution < -0.4 is 0 Å². The second-order valence-corrected chi connectivity index (χ2v) is 10.3. The number of hydrogen-bond donors (Lipinski definition) is 1. The number of ether oxygens (including phenoxy) is 1. The lowest BCUT2D eigenvalue weighted by atomic mass is 9.49. The van der Waals surface area contributed by atoms with Crippen LogP contribution in [0.3, 0.4) is 0 Å².